The van der Waals surface area contributed by atoms with Crippen LogP contribution in [0.2, 0.25) is 0 Å². The average molecular weight is 395 g/mol. The quantitative estimate of drug-likeness (QED) is 0.234. The van der Waals surface area contributed by atoms with E-state index in [1.165, 1.54) is 39.8 Å². The van der Waals surface area contributed by atoms with E-state index in [-0.39, 0.29) is 5.75 Å². The Morgan fingerprint density at radius 1 is 0.633 bits per heavy atom. The zero-order chi connectivity index (χ0) is 20.5. The van der Waals surface area contributed by atoms with Crippen LogP contribution in [0.25, 0.3) is 43.1 Å². The lowest BCUT2D eigenvalue weighted by atomic mass is 9.90. The lowest BCUT2D eigenvalue weighted by Crippen LogP contribution is -1.99. The minimum absolute atomic E-state index is 0.211. The highest BCUT2D eigenvalue weighted by Crippen LogP contribution is 2.45. The third-order valence-electron chi connectivity index (χ3n) is 6.07. The first-order valence-electron chi connectivity index (χ1n) is 10.9. The number of phenolic OH excluding ortho intramolecular Hbond substituents is 1. The van der Waals surface area contributed by atoms with Crippen molar-refractivity contribution in [3.63, 3.8) is 0 Å². The Kier molecular flexibility index (Phi) is 4.92. The monoisotopic (exact) mass is 394 g/mol. The van der Waals surface area contributed by atoms with Crippen LogP contribution in [0.4, 0.5) is 0 Å². The van der Waals surface area contributed by atoms with Crippen LogP contribution < -0.4 is 4.74 Å². The zero-order valence-corrected chi connectivity index (χ0v) is 17.3. The first-order chi connectivity index (χ1) is 14.8. The maximum absolute atomic E-state index is 10.8. The van der Waals surface area contributed by atoms with Gasteiger partial charge >= 0.3 is 0 Å². The predicted molar refractivity (Wildman–Crippen MR) is 128 cm³/mol. The molecule has 1 N–H and O–H groups in total. The molecule has 2 nitrogen and oxygen atoms in total. The highest BCUT2D eigenvalue weighted by atomic mass is 16.5. The van der Waals surface area contributed by atoms with Gasteiger partial charge in [0.05, 0.1) is 6.61 Å². The van der Waals surface area contributed by atoms with E-state index in [1.807, 2.05) is 6.07 Å². The van der Waals surface area contributed by atoms with Gasteiger partial charge in [-0.05, 0) is 50.9 Å². The minimum atomic E-state index is 0.211. The van der Waals surface area contributed by atoms with Gasteiger partial charge in [0.15, 0.2) is 11.5 Å². The molecule has 0 atom stereocenters. The summed E-state index contributed by atoms with van der Waals surface area (Å²) in [5, 5.41) is 20.1. The second kappa shape index (κ2) is 7.87. The van der Waals surface area contributed by atoms with Gasteiger partial charge in [0.25, 0.3) is 0 Å². The number of rotatable bonds is 6. The molecule has 0 bridgehead atoms. The molecule has 5 aromatic carbocycles. The van der Waals surface area contributed by atoms with Gasteiger partial charge in [-0.25, -0.2) is 0 Å². The summed E-state index contributed by atoms with van der Waals surface area (Å²) < 4.78 is 6.25. The molecule has 30 heavy (non-hydrogen) atoms. The van der Waals surface area contributed by atoms with Crippen LogP contribution >= 0.6 is 0 Å². The molecule has 0 aromatic heterocycles. The fourth-order valence-electron chi connectivity index (χ4n) is 4.61. The van der Waals surface area contributed by atoms with Crippen molar-refractivity contribution in [3.8, 4) is 11.5 Å². The molecule has 0 saturated heterocycles. The molecule has 0 unspecified atom stereocenters. The van der Waals surface area contributed by atoms with Gasteiger partial charge in [0.2, 0.25) is 0 Å². The van der Waals surface area contributed by atoms with Gasteiger partial charge in [0.1, 0.15) is 0 Å². The fourth-order valence-corrected chi connectivity index (χ4v) is 4.61. The van der Waals surface area contributed by atoms with Crippen molar-refractivity contribution in [3.05, 3.63) is 72.8 Å². The van der Waals surface area contributed by atoms with Crippen LogP contribution in [-0.4, -0.2) is 11.7 Å². The SMILES string of the molecule is CCCCCCOc1c(O)ccc2c3ccccc3c3ccc4ccccc4c3c12. The Hall–Kier alpha value is -3.26. The summed E-state index contributed by atoms with van der Waals surface area (Å²) in [5.74, 6) is 0.818. The molecule has 5 rings (SSSR count). The number of ether oxygens (including phenoxy) is 1. The van der Waals surface area contributed by atoms with Crippen molar-refractivity contribution in [1.29, 1.82) is 0 Å². The molecular weight excluding hydrogens is 368 g/mol. The number of phenols is 1. The van der Waals surface area contributed by atoms with Gasteiger partial charge in [-0.15, -0.1) is 0 Å². The summed E-state index contributed by atoms with van der Waals surface area (Å²) in [7, 11) is 0. The molecule has 0 fully saturated rings. The molecular formula is C28H26O2. The zero-order valence-electron chi connectivity index (χ0n) is 17.3. The van der Waals surface area contributed by atoms with E-state index in [4.69, 9.17) is 4.74 Å². The molecule has 0 aliphatic rings. The lowest BCUT2D eigenvalue weighted by molar-refractivity contribution is 0.293. The number of fused-ring (bicyclic) bond motifs is 8. The van der Waals surface area contributed by atoms with E-state index < -0.39 is 0 Å². The molecule has 0 aliphatic carbocycles. The molecule has 0 heterocycles. The second-order valence-corrected chi connectivity index (χ2v) is 8.00. The van der Waals surface area contributed by atoms with Crippen LogP contribution in [0.5, 0.6) is 11.5 Å². The number of unbranched alkanes of at least 4 members (excludes halogenated alkanes) is 3. The Morgan fingerprint density at radius 3 is 2.07 bits per heavy atom. The second-order valence-electron chi connectivity index (χ2n) is 8.00. The Bertz CT molecular complexity index is 1370. The van der Waals surface area contributed by atoms with Gasteiger partial charge in [-0.3, -0.25) is 0 Å². The van der Waals surface area contributed by atoms with Crippen LogP contribution in [0, 0.1) is 0 Å². The average Bonchev–Trinajstić information content (AvgIpc) is 2.79. The highest BCUT2D eigenvalue weighted by Gasteiger charge is 2.17. The van der Waals surface area contributed by atoms with Crippen molar-refractivity contribution in [2.45, 2.75) is 32.6 Å². The third kappa shape index (κ3) is 3.04. The van der Waals surface area contributed by atoms with Crippen molar-refractivity contribution in [2.24, 2.45) is 0 Å². The molecule has 150 valence electrons. The summed E-state index contributed by atoms with van der Waals surface area (Å²) in [6, 6.07) is 25.2. The van der Waals surface area contributed by atoms with Crippen molar-refractivity contribution >= 4 is 43.1 Å². The number of hydrogen-bond acceptors (Lipinski definition) is 2. The van der Waals surface area contributed by atoms with E-state index in [2.05, 4.69) is 67.6 Å². The van der Waals surface area contributed by atoms with Gasteiger partial charge < -0.3 is 9.84 Å². The van der Waals surface area contributed by atoms with E-state index in [1.54, 1.807) is 6.07 Å². The Balaban J connectivity index is 1.86. The van der Waals surface area contributed by atoms with Crippen LogP contribution in [0.15, 0.2) is 72.8 Å². The molecule has 0 amide bonds. The molecule has 0 spiro atoms. The van der Waals surface area contributed by atoms with Crippen molar-refractivity contribution in [2.75, 3.05) is 6.61 Å². The van der Waals surface area contributed by atoms with Crippen molar-refractivity contribution < 1.29 is 9.84 Å². The minimum Gasteiger partial charge on any atom is -0.504 e. The van der Waals surface area contributed by atoms with E-state index in [9.17, 15) is 5.11 Å². The normalized spacial score (nSPS) is 11.6. The van der Waals surface area contributed by atoms with Gasteiger partial charge in [-0.2, -0.15) is 0 Å². The first kappa shape index (κ1) is 18.7. The third-order valence-corrected chi connectivity index (χ3v) is 6.07. The summed E-state index contributed by atoms with van der Waals surface area (Å²) in [6.45, 7) is 2.82. The first-order valence-corrected chi connectivity index (χ1v) is 10.9. The van der Waals surface area contributed by atoms with E-state index in [0.29, 0.717) is 12.4 Å². The molecule has 5 aromatic rings. The van der Waals surface area contributed by atoms with Crippen LogP contribution in [-0.2, 0) is 0 Å². The smallest absolute Gasteiger partial charge is 0.169 e. The number of hydrogen-bond donors (Lipinski definition) is 1. The molecule has 0 saturated carbocycles. The van der Waals surface area contributed by atoms with Crippen LogP contribution in [0.3, 0.4) is 0 Å². The van der Waals surface area contributed by atoms with E-state index in [0.717, 1.165) is 29.0 Å². The standard InChI is InChI=1S/C28H26O2/c1-2-3-4-9-18-30-28-25(29)17-16-24-22-13-8-7-12-21(22)23-15-14-19-10-5-6-11-20(19)26(23)27(24)28/h5-8,10-17,29H,2-4,9,18H2,1H3. The summed E-state index contributed by atoms with van der Waals surface area (Å²) in [5.41, 5.74) is 0. The maximum Gasteiger partial charge on any atom is 0.169 e. The Morgan fingerprint density at radius 2 is 1.30 bits per heavy atom. The van der Waals surface area contributed by atoms with Crippen molar-refractivity contribution in [1.82, 2.24) is 0 Å². The topological polar surface area (TPSA) is 29.5 Å². The van der Waals surface area contributed by atoms with Crippen LogP contribution in [0.1, 0.15) is 32.6 Å². The number of aromatic hydroxyl groups is 1. The lowest BCUT2D eigenvalue weighted by Gasteiger charge is -2.17. The summed E-state index contributed by atoms with van der Waals surface area (Å²) in [4.78, 5) is 0. The molecule has 0 aliphatic heterocycles. The predicted octanol–water partition coefficient (Wildman–Crippen LogP) is 7.96. The highest BCUT2D eigenvalue weighted by molar-refractivity contribution is 6.32. The summed E-state index contributed by atoms with van der Waals surface area (Å²) >= 11 is 0. The fraction of sp³-hybridized carbons (Fsp3) is 0.214. The molecule has 0 radical (unpaired) electrons. The summed E-state index contributed by atoms with van der Waals surface area (Å²) in [6.07, 6.45) is 4.55. The van der Waals surface area contributed by atoms with Gasteiger partial charge in [-0.1, -0.05) is 86.8 Å². The largest absolute Gasteiger partial charge is 0.504 e. The molecule has 2 heteroatoms. The number of benzene rings is 5. The Labute approximate surface area is 176 Å². The van der Waals surface area contributed by atoms with Gasteiger partial charge in [0, 0.05) is 10.8 Å². The van der Waals surface area contributed by atoms with E-state index >= 15 is 0 Å². The maximum atomic E-state index is 10.8.